The van der Waals surface area contributed by atoms with Crippen LogP contribution in [-0.2, 0) is 6.54 Å². The fraction of sp³-hybridized carbons (Fsp3) is 0.158. The van der Waals surface area contributed by atoms with Gasteiger partial charge in [0, 0.05) is 16.8 Å². The lowest BCUT2D eigenvalue weighted by molar-refractivity contribution is 0.102. The van der Waals surface area contributed by atoms with Gasteiger partial charge in [-0.2, -0.15) is 5.10 Å². The van der Waals surface area contributed by atoms with E-state index in [1.165, 1.54) is 0 Å². The number of nitrogens with one attached hydrogen (secondary N) is 1. The summed E-state index contributed by atoms with van der Waals surface area (Å²) in [6.45, 7) is 3.05. The van der Waals surface area contributed by atoms with Crippen molar-refractivity contribution in [3.8, 4) is 5.75 Å². The number of aromatic nitrogens is 2. The van der Waals surface area contributed by atoms with Crippen LogP contribution in [0.25, 0.3) is 0 Å². The van der Waals surface area contributed by atoms with Gasteiger partial charge in [-0.1, -0.05) is 29.8 Å². The largest absolute Gasteiger partial charge is 0.494 e. The standard InChI is InChI=1S/C19H18ClN3O2/c1-2-25-17-9-7-14(8-10-17)19(24)22-16-11-21-23(13-16)12-15-5-3-4-6-18(15)20/h3-11,13H,2,12H2,1H3,(H,22,24). The summed E-state index contributed by atoms with van der Waals surface area (Å²) in [7, 11) is 0. The number of hydrogen-bond donors (Lipinski definition) is 1. The van der Waals surface area contributed by atoms with Crippen molar-refractivity contribution in [1.82, 2.24) is 9.78 Å². The number of hydrogen-bond acceptors (Lipinski definition) is 3. The average molecular weight is 356 g/mol. The Labute approximate surface area is 151 Å². The minimum atomic E-state index is -0.194. The van der Waals surface area contributed by atoms with Crippen LogP contribution >= 0.6 is 11.6 Å². The topological polar surface area (TPSA) is 56.1 Å². The molecule has 0 saturated carbocycles. The molecule has 1 aromatic heterocycles. The molecule has 5 nitrogen and oxygen atoms in total. The van der Waals surface area contributed by atoms with Crippen LogP contribution in [-0.4, -0.2) is 22.3 Å². The van der Waals surface area contributed by atoms with Gasteiger partial charge < -0.3 is 10.1 Å². The van der Waals surface area contributed by atoms with Crippen LogP contribution in [0.1, 0.15) is 22.8 Å². The fourth-order valence-electron chi connectivity index (χ4n) is 2.39. The van der Waals surface area contributed by atoms with Gasteiger partial charge in [0.2, 0.25) is 0 Å². The summed E-state index contributed by atoms with van der Waals surface area (Å²) in [5.41, 5.74) is 2.16. The van der Waals surface area contributed by atoms with Gasteiger partial charge in [0.1, 0.15) is 5.75 Å². The van der Waals surface area contributed by atoms with Crippen molar-refractivity contribution in [2.24, 2.45) is 0 Å². The summed E-state index contributed by atoms with van der Waals surface area (Å²) in [4.78, 5) is 12.3. The molecule has 0 spiro atoms. The molecule has 6 heteroatoms. The summed E-state index contributed by atoms with van der Waals surface area (Å²) in [6, 6.07) is 14.6. The Morgan fingerprint density at radius 3 is 2.68 bits per heavy atom. The predicted octanol–water partition coefficient (Wildman–Crippen LogP) is 4.24. The van der Waals surface area contributed by atoms with E-state index in [0.717, 1.165) is 11.3 Å². The first-order chi connectivity index (χ1) is 12.2. The number of anilines is 1. The molecule has 25 heavy (non-hydrogen) atoms. The summed E-state index contributed by atoms with van der Waals surface area (Å²) in [5, 5.41) is 7.79. The lowest BCUT2D eigenvalue weighted by Gasteiger charge is -2.05. The maximum absolute atomic E-state index is 12.3. The van der Waals surface area contributed by atoms with E-state index in [4.69, 9.17) is 16.3 Å². The number of amides is 1. The van der Waals surface area contributed by atoms with Crippen LogP contribution in [0.2, 0.25) is 5.02 Å². The zero-order chi connectivity index (χ0) is 17.6. The molecule has 1 amide bonds. The summed E-state index contributed by atoms with van der Waals surface area (Å²) in [6.07, 6.45) is 3.39. The van der Waals surface area contributed by atoms with Crippen LogP contribution in [0.5, 0.6) is 5.75 Å². The Morgan fingerprint density at radius 2 is 1.96 bits per heavy atom. The molecule has 0 fully saturated rings. The highest BCUT2D eigenvalue weighted by atomic mass is 35.5. The molecule has 3 aromatic rings. The fourth-order valence-corrected chi connectivity index (χ4v) is 2.58. The average Bonchev–Trinajstić information content (AvgIpc) is 3.05. The minimum Gasteiger partial charge on any atom is -0.494 e. The molecule has 0 aliphatic carbocycles. The third kappa shape index (κ3) is 4.39. The van der Waals surface area contributed by atoms with Crippen molar-refractivity contribution < 1.29 is 9.53 Å². The predicted molar refractivity (Wildman–Crippen MR) is 98.3 cm³/mol. The quantitative estimate of drug-likeness (QED) is 0.719. The normalized spacial score (nSPS) is 10.5. The molecule has 0 saturated heterocycles. The molecule has 1 N–H and O–H groups in total. The van der Waals surface area contributed by atoms with Crippen LogP contribution in [0.3, 0.4) is 0 Å². The van der Waals surface area contributed by atoms with Crippen LogP contribution in [0.4, 0.5) is 5.69 Å². The number of ether oxygens (including phenoxy) is 1. The lowest BCUT2D eigenvalue weighted by Crippen LogP contribution is -2.11. The maximum atomic E-state index is 12.3. The molecule has 2 aromatic carbocycles. The summed E-state index contributed by atoms with van der Waals surface area (Å²) >= 11 is 6.16. The van der Waals surface area contributed by atoms with Gasteiger partial charge in [0.15, 0.2) is 0 Å². The third-order valence-electron chi connectivity index (χ3n) is 3.61. The molecule has 0 aliphatic rings. The van der Waals surface area contributed by atoms with Gasteiger partial charge in [0.25, 0.3) is 5.91 Å². The molecule has 0 aliphatic heterocycles. The summed E-state index contributed by atoms with van der Waals surface area (Å²) < 4.78 is 7.10. The highest BCUT2D eigenvalue weighted by Gasteiger charge is 2.08. The second kappa shape index (κ2) is 7.85. The molecule has 0 bridgehead atoms. The van der Waals surface area contributed by atoms with E-state index in [1.807, 2.05) is 31.2 Å². The Hall–Kier alpha value is -2.79. The Kier molecular flexibility index (Phi) is 5.36. The molecule has 1 heterocycles. The van der Waals surface area contributed by atoms with Crippen LogP contribution < -0.4 is 10.1 Å². The first-order valence-electron chi connectivity index (χ1n) is 7.96. The molecule has 3 rings (SSSR count). The molecule has 0 radical (unpaired) electrons. The van der Waals surface area contributed by atoms with Crippen LogP contribution in [0, 0.1) is 0 Å². The van der Waals surface area contributed by atoms with Gasteiger partial charge in [0.05, 0.1) is 25.0 Å². The molecular formula is C19H18ClN3O2. The van der Waals surface area contributed by atoms with Crippen molar-refractivity contribution >= 4 is 23.2 Å². The van der Waals surface area contributed by atoms with Gasteiger partial charge in [-0.05, 0) is 42.8 Å². The van der Waals surface area contributed by atoms with E-state index in [9.17, 15) is 4.79 Å². The zero-order valence-corrected chi connectivity index (χ0v) is 14.5. The Morgan fingerprint density at radius 1 is 1.20 bits per heavy atom. The number of halogens is 1. The van der Waals surface area contributed by atoms with E-state index in [2.05, 4.69) is 10.4 Å². The van der Waals surface area contributed by atoms with Crippen molar-refractivity contribution in [3.05, 3.63) is 77.1 Å². The second-order valence-corrected chi connectivity index (χ2v) is 5.84. The third-order valence-corrected chi connectivity index (χ3v) is 3.98. The lowest BCUT2D eigenvalue weighted by atomic mass is 10.2. The first kappa shape index (κ1) is 17.0. The molecular weight excluding hydrogens is 338 g/mol. The van der Waals surface area contributed by atoms with Crippen molar-refractivity contribution in [3.63, 3.8) is 0 Å². The van der Waals surface area contributed by atoms with Crippen molar-refractivity contribution in [2.45, 2.75) is 13.5 Å². The van der Waals surface area contributed by atoms with E-state index in [0.29, 0.717) is 29.4 Å². The van der Waals surface area contributed by atoms with E-state index < -0.39 is 0 Å². The molecule has 128 valence electrons. The van der Waals surface area contributed by atoms with Crippen molar-refractivity contribution in [2.75, 3.05) is 11.9 Å². The highest BCUT2D eigenvalue weighted by molar-refractivity contribution is 6.31. The van der Waals surface area contributed by atoms with Gasteiger partial charge in [-0.15, -0.1) is 0 Å². The number of carbonyl (C=O) groups is 1. The number of benzene rings is 2. The highest BCUT2D eigenvalue weighted by Crippen LogP contribution is 2.17. The van der Waals surface area contributed by atoms with E-state index in [-0.39, 0.29) is 5.91 Å². The van der Waals surface area contributed by atoms with Gasteiger partial charge in [-0.3, -0.25) is 9.48 Å². The van der Waals surface area contributed by atoms with Crippen molar-refractivity contribution in [1.29, 1.82) is 0 Å². The number of nitrogens with zero attached hydrogens (tertiary/aromatic N) is 2. The Balaban J connectivity index is 1.64. The maximum Gasteiger partial charge on any atom is 0.255 e. The molecule has 0 unspecified atom stereocenters. The van der Waals surface area contributed by atoms with Gasteiger partial charge in [-0.25, -0.2) is 0 Å². The number of rotatable bonds is 6. The zero-order valence-electron chi connectivity index (χ0n) is 13.8. The van der Waals surface area contributed by atoms with E-state index >= 15 is 0 Å². The monoisotopic (exact) mass is 355 g/mol. The minimum absolute atomic E-state index is 0.194. The van der Waals surface area contributed by atoms with Crippen LogP contribution in [0.15, 0.2) is 60.9 Å². The molecule has 0 atom stereocenters. The SMILES string of the molecule is CCOc1ccc(C(=O)Nc2cnn(Cc3ccccc3Cl)c2)cc1. The van der Waals surface area contributed by atoms with Gasteiger partial charge >= 0.3 is 0 Å². The second-order valence-electron chi connectivity index (χ2n) is 5.43. The first-order valence-corrected chi connectivity index (χ1v) is 8.33. The Bertz CT molecular complexity index is 859. The van der Waals surface area contributed by atoms with E-state index in [1.54, 1.807) is 41.3 Å². The smallest absolute Gasteiger partial charge is 0.255 e. The number of carbonyl (C=O) groups excluding carboxylic acids is 1. The summed E-state index contributed by atoms with van der Waals surface area (Å²) in [5.74, 6) is 0.548.